The number of allylic oxidation sites excluding steroid dienone is 1. The lowest BCUT2D eigenvalue weighted by atomic mass is 10.1. The highest BCUT2D eigenvalue weighted by molar-refractivity contribution is 6.36. The molecule has 0 amide bonds. The Hall–Kier alpha value is -1.79. The van der Waals surface area contributed by atoms with E-state index in [-0.39, 0.29) is 10.8 Å². The van der Waals surface area contributed by atoms with Gasteiger partial charge in [0, 0.05) is 36.3 Å². The number of nitrogens with two attached hydrogens (primary N) is 3. The van der Waals surface area contributed by atoms with E-state index in [2.05, 4.69) is 5.32 Å². The van der Waals surface area contributed by atoms with Gasteiger partial charge in [-0.15, -0.1) is 0 Å². The van der Waals surface area contributed by atoms with Crippen molar-refractivity contribution in [3.05, 3.63) is 57.0 Å². The monoisotopic (exact) mass is 331 g/mol. The Bertz CT molecular complexity index is 611. The molecule has 0 saturated heterocycles. The second-order valence-corrected chi connectivity index (χ2v) is 5.40. The van der Waals surface area contributed by atoms with Crippen molar-refractivity contribution in [2.45, 2.75) is 6.54 Å². The van der Waals surface area contributed by atoms with Crippen LogP contribution in [0.25, 0.3) is 0 Å². The van der Waals surface area contributed by atoms with Gasteiger partial charge in [0.15, 0.2) is 0 Å². The molecule has 8 heteroatoms. The molecule has 1 aliphatic rings. The summed E-state index contributed by atoms with van der Waals surface area (Å²) in [6, 6.07) is 2.70. The number of nitrogens with one attached hydrogen (secondary N) is 1. The van der Waals surface area contributed by atoms with Crippen LogP contribution in [-0.2, 0) is 6.54 Å². The normalized spacial score (nSPS) is 14.9. The Kier molecular flexibility index (Phi) is 4.69. The zero-order valence-corrected chi connectivity index (χ0v) is 12.7. The first-order chi connectivity index (χ1) is 9.90. The fourth-order valence-corrected chi connectivity index (χ4v) is 2.59. The molecule has 0 bridgehead atoms. The first-order valence-electron chi connectivity index (χ1n) is 6.23. The summed E-state index contributed by atoms with van der Waals surface area (Å²) in [6.45, 7) is 1.57. The minimum absolute atomic E-state index is 0.00338. The fourth-order valence-electron chi connectivity index (χ4n) is 2.10. The average Bonchev–Trinajstić information content (AvgIpc) is 2.42. The maximum absolute atomic E-state index is 13.6. The molecular formula is C13H16Cl2FN5. The van der Waals surface area contributed by atoms with Crippen LogP contribution in [0, 0.1) is 5.82 Å². The fraction of sp³-hybridized carbons (Fsp3) is 0.231. The maximum Gasteiger partial charge on any atom is 0.142 e. The molecule has 1 heterocycles. The number of benzene rings is 1. The minimum Gasteiger partial charge on any atom is -0.386 e. The number of halogens is 3. The smallest absolute Gasteiger partial charge is 0.142 e. The maximum atomic E-state index is 13.6. The molecule has 0 radical (unpaired) electrons. The van der Waals surface area contributed by atoms with Gasteiger partial charge in [-0.1, -0.05) is 23.2 Å². The summed E-state index contributed by atoms with van der Waals surface area (Å²) in [7, 11) is 0. The highest BCUT2D eigenvalue weighted by Gasteiger charge is 2.20. The lowest BCUT2D eigenvalue weighted by Gasteiger charge is -2.32. The summed E-state index contributed by atoms with van der Waals surface area (Å²) in [4.78, 5) is 1.89. The van der Waals surface area contributed by atoms with Crippen molar-refractivity contribution in [3.8, 4) is 0 Å². The zero-order chi connectivity index (χ0) is 15.6. The highest BCUT2D eigenvalue weighted by Crippen LogP contribution is 2.30. The molecular weight excluding hydrogens is 316 g/mol. The molecule has 0 unspecified atom stereocenters. The van der Waals surface area contributed by atoms with Gasteiger partial charge in [0.25, 0.3) is 0 Å². The molecule has 1 aliphatic heterocycles. The lowest BCUT2D eigenvalue weighted by Crippen LogP contribution is -2.41. The molecule has 1 aromatic carbocycles. The Morgan fingerprint density at radius 3 is 2.76 bits per heavy atom. The lowest BCUT2D eigenvalue weighted by molar-refractivity contribution is 0.320. The first-order valence-corrected chi connectivity index (χ1v) is 6.99. The minimum atomic E-state index is -0.515. The largest absolute Gasteiger partial charge is 0.386 e. The summed E-state index contributed by atoms with van der Waals surface area (Å²) in [5.41, 5.74) is 18.0. The van der Waals surface area contributed by atoms with Crippen LogP contribution >= 0.6 is 23.2 Å². The predicted molar refractivity (Wildman–Crippen MR) is 82.5 cm³/mol. The molecule has 1 aromatic rings. The molecule has 0 saturated carbocycles. The summed E-state index contributed by atoms with van der Waals surface area (Å²) < 4.78 is 13.6. The third-order valence-electron chi connectivity index (χ3n) is 3.11. The number of rotatable bonds is 3. The Morgan fingerprint density at radius 1 is 1.38 bits per heavy atom. The Balaban J connectivity index is 2.36. The quantitative estimate of drug-likeness (QED) is 0.628. The summed E-state index contributed by atoms with van der Waals surface area (Å²) >= 11 is 12.1. The SMILES string of the molecule is NC(N)=CC1=C(N)NCCN1Cc1c(Cl)ccc(F)c1Cl. The number of nitrogens with zero attached hydrogens (tertiary/aromatic N) is 1. The van der Waals surface area contributed by atoms with Crippen molar-refractivity contribution in [3.63, 3.8) is 0 Å². The molecule has 0 spiro atoms. The van der Waals surface area contributed by atoms with Gasteiger partial charge in [0.1, 0.15) is 11.6 Å². The third kappa shape index (κ3) is 3.46. The Labute approximate surface area is 132 Å². The molecule has 0 aromatic heterocycles. The van der Waals surface area contributed by atoms with Crippen LogP contribution in [0.3, 0.4) is 0 Å². The zero-order valence-electron chi connectivity index (χ0n) is 11.2. The van der Waals surface area contributed by atoms with E-state index in [9.17, 15) is 4.39 Å². The highest BCUT2D eigenvalue weighted by atomic mass is 35.5. The van der Waals surface area contributed by atoms with E-state index in [1.165, 1.54) is 12.1 Å². The molecule has 21 heavy (non-hydrogen) atoms. The van der Waals surface area contributed by atoms with E-state index < -0.39 is 5.82 Å². The van der Waals surface area contributed by atoms with Gasteiger partial charge >= 0.3 is 0 Å². The van der Waals surface area contributed by atoms with Crippen molar-refractivity contribution in [2.75, 3.05) is 13.1 Å². The molecule has 0 fully saturated rings. The van der Waals surface area contributed by atoms with Gasteiger partial charge in [-0.25, -0.2) is 4.39 Å². The van der Waals surface area contributed by atoms with Crippen molar-refractivity contribution in [1.82, 2.24) is 10.2 Å². The summed E-state index contributed by atoms with van der Waals surface area (Å²) in [5, 5.41) is 3.41. The van der Waals surface area contributed by atoms with E-state index in [0.717, 1.165) is 0 Å². The van der Waals surface area contributed by atoms with Crippen LogP contribution in [0.4, 0.5) is 4.39 Å². The van der Waals surface area contributed by atoms with E-state index >= 15 is 0 Å². The van der Waals surface area contributed by atoms with Gasteiger partial charge in [-0.2, -0.15) is 0 Å². The molecule has 114 valence electrons. The van der Waals surface area contributed by atoms with Crippen molar-refractivity contribution >= 4 is 23.2 Å². The summed E-state index contributed by atoms with van der Waals surface area (Å²) in [5.74, 6) is 0.0509. The van der Waals surface area contributed by atoms with Crippen LogP contribution in [-0.4, -0.2) is 18.0 Å². The standard InChI is InChI=1S/C13H16Cl2FN5/c14-8-1-2-9(16)12(15)7(8)6-21-4-3-20-13(19)10(21)5-11(17)18/h1-2,5,20H,3-4,6,17-19H2. The third-order valence-corrected chi connectivity index (χ3v) is 3.87. The van der Waals surface area contributed by atoms with Gasteiger partial charge < -0.3 is 27.4 Å². The number of hydrogen-bond donors (Lipinski definition) is 4. The van der Waals surface area contributed by atoms with Crippen molar-refractivity contribution in [1.29, 1.82) is 0 Å². The molecule has 0 aliphatic carbocycles. The van der Waals surface area contributed by atoms with Crippen LogP contribution in [0.15, 0.2) is 35.5 Å². The molecule has 0 atom stereocenters. The number of hydrogen-bond acceptors (Lipinski definition) is 5. The van der Waals surface area contributed by atoms with Crippen LogP contribution in [0.5, 0.6) is 0 Å². The van der Waals surface area contributed by atoms with Gasteiger partial charge in [0.2, 0.25) is 0 Å². The van der Waals surface area contributed by atoms with Gasteiger partial charge in [0.05, 0.1) is 16.5 Å². The van der Waals surface area contributed by atoms with E-state index in [1.54, 1.807) is 6.08 Å². The Morgan fingerprint density at radius 2 is 2.10 bits per heavy atom. The van der Waals surface area contributed by atoms with Crippen LogP contribution < -0.4 is 22.5 Å². The topological polar surface area (TPSA) is 93.3 Å². The van der Waals surface area contributed by atoms with E-state index in [1.807, 2.05) is 4.90 Å². The van der Waals surface area contributed by atoms with Gasteiger partial charge in [-0.3, -0.25) is 0 Å². The predicted octanol–water partition coefficient (Wildman–Crippen LogP) is 1.42. The van der Waals surface area contributed by atoms with E-state index in [0.29, 0.717) is 41.7 Å². The van der Waals surface area contributed by atoms with Gasteiger partial charge in [-0.05, 0) is 12.1 Å². The summed E-state index contributed by atoms with van der Waals surface area (Å²) in [6.07, 6.45) is 1.54. The molecule has 7 N–H and O–H groups in total. The van der Waals surface area contributed by atoms with Crippen LogP contribution in [0.2, 0.25) is 10.0 Å². The molecule has 2 rings (SSSR count). The van der Waals surface area contributed by atoms with Crippen molar-refractivity contribution in [2.24, 2.45) is 17.2 Å². The second kappa shape index (κ2) is 6.32. The van der Waals surface area contributed by atoms with E-state index in [4.69, 9.17) is 40.4 Å². The molecule has 5 nitrogen and oxygen atoms in total. The van der Waals surface area contributed by atoms with Crippen molar-refractivity contribution < 1.29 is 4.39 Å². The van der Waals surface area contributed by atoms with Crippen LogP contribution in [0.1, 0.15) is 5.56 Å². The second-order valence-electron chi connectivity index (χ2n) is 4.61. The first kappa shape index (κ1) is 15.6. The average molecular weight is 332 g/mol.